The van der Waals surface area contributed by atoms with Gasteiger partial charge in [0.25, 0.3) is 0 Å². The van der Waals surface area contributed by atoms with Crippen molar-refractivity contribution in [1.29, 1.82) is 0 Å². The third kappa shape index (κ3) is 7.57. The van der Waals surface area contributed by atoms with E-state index in [0.717, 1.165) is 28.0 Å². The maximum absolute atomic E-state index is 12.9. The molecule has 2 aliphatic rings. The molecule has 0 radical (unpaired) electrons. The number of pyridine rings is 1. The van der Waals surface area contributed by atoms with Gasteiger partial charge in [0.05, 0.1) is 18.3 Å². The molecule has 3 heterocycles. The Bertz CT molecular complexity index is 1610. The second-order valence-electron chi connectivity index (χ2n) is 12.2. The van der Waals surface area contributed by atoms with Gasteiger partial charge < -0.3 is 26.6 Å². The van der Waals surface area contributed by atoms with E-state index >= 15 is 0 Å². The minimum Gasteiger partial charge on any atom is -0.343 e. The number of carbonyl (C=O) groups excluding carboxylic acids is 4. The monoisotopic (exact) mass is 624 g/mol. The largest absolute Gasteiger partial charge is 0.343 e. The van der Waals surface area contributed by atoms with Crippen molar-refractivity contribution < 1.29 is 19.2 Å². The van der Waals surface area contributed by atoms with E-state index in [0.29, 0.717) is 30.9 Å². The molecular weight excluding hydrogens is 584 g/mol. The second kappa shape index (κ2) is 13.9. The van der Waals surface area contributed by atoms with Gasteiger partial charge in [-0.15, -0.1) is 0 Å². The van der Waals surface area contributed by atoms with Crippen molar-refractivity contribution in [3.63, 3.8) is 0 Å². The second-order valence-corrected chi connectivity index (χ2v) is 12.2. The summed E-state index contributed by atoms with van der Waals surface area (Å²) in [5.74, 6) is -0.940. The molecule has 0 aliphatic carbocycles. The van der Waals surface area contributed by atoms with E-state index in [-0.39, 0.29) is 42.1 Å². The Balaban J connectivity index is 1.18. The van der Waals surface area contributed by atoms with Gasteiger partial charge in [-0.25, -0.2) is 9.80 Å². The number of nitrogens with two attached hydrogens (primary N) is 1. The van der Waals surface area contributed by atoms with Crippen LogP contribution in [-0.4, -0.2) is 56.4 Å². The standard InChI is InChI=1S/C34H40N8O4/c1-20(2)30(35)33(45)37-22(4)32(44)38-27-9-5-23(6-10-27)17-42-29(43)15-21(3)31(40-42)24-7-11-28(12-8-24)39-34(46)41-18-25-13-14-36-16-26(25)19-41/h5-14,16,20-22,30H,15,17-19,35H2,1-4H3,(H,37,45)(H,38,44)(H,39,46)/t21?,22-,30-/m0/s1. The van der Waals surface area contributed by atoms with Crippen molar-refractivity contribution >= 4 is 40.8 Å². The first-order valence-electron chi connectivity index (χ1n) is 15.4. The van der Waals surface area contributed by atoms with Crippen LogP contribution in [-0.2, 0) is 34.0 Å². The number of amides is 5. The van der Waals surface area contributed by atoms with E-state index in [1.807, 2.05) is 63.2 Å². The first kappa shape index (κ1) is 32.3. The number of nitrogens with zero attached hydrogens (tertiary/aromatic N) is 4. The number of anilines is 2. The van der Waals surface area contributed by atoms with E-state index in [9.17, 15) is 19.2 Å². The van der Waals surface area contributed by atoms with Gasteiger partial charge in [0.2, 0.25) is 17.7 Å². The van der Waals surface area contributed by atoms with Gasteiger partial charge in [0.1, 0.15) is 6.04 Å². The molecule has 2 aliphatic heterocycles. The average Bonchev–Trinajstić information content (AvgIpc) is 3.48. The molecule has 46 heavy (non-hydrogen) atoms. The van der Waals surface area contributed by atoms with Crippen LogP contribution in [0.3, 0.4) is 0 Å². The lowest BCUT2D eigenvalue weighted by molar-refractivity contribution is -0.133. The molecule has 5 rings (SSSR count). The van der Waals surface area contributed by atoms with E-state index in [1.165, 1.54) is 5.01 Å². The van der Waals surface area contributed by atoms with E-state index < -0.39 is 12.1 Å². The number of rotatable bonds is 9. The van der Waals surface area contributed by atoms with Gasteiger partial charge in [0, 0.05) is 49.2 Å². The van der Waals surface area contributed by atoms with Crippen molar-refractivity contribution in [2.75, 3.05) is 10.6 Å². The molecule has 0 fully saturated rings. The smallest absolute Gasteiger partial charge is 0.322 e. The van der Waals surface area contributed by atoms with Crippen LogP contribution in [0.15, 0.2) is 72.1 Å². The highest BCUT2D eigenvalue weighted by Crippen LogP contribution is 2.25. The summed E-state index contributed by atoms with van der Waals surface area (Å²) in [5, 5.41) is 14.6. The van der Waals surface area contributed by atoms with E-state index in [4.69, 9.17) is 10.8 Å². The molecule has 0 spiro atoms. The molecule has 3 aromatic rings. The minimum absolute atomic E-state index is 0.0455. The predicted molar refractivity (Wildman–Crippen MR) is 175 cm³/mol. The Labute approximate surface area is 268 Å². The Morgan fingerprint density at radius 1 is 0.913 bits per heavy atom. The zero-order valence-electron chi connectivity index (χ0n) is 26.5. The zero-order valence-corrected chi connectivity index (χ0v) is 26.5. The number of nitrogens with one attached hydrogen (secondary N) is 3. The summed E-state index contributed by atoms with van der Waals surface area (Å²) in [4.78, 5) is 56.4. The molecule has 2 aromatic carbocycles. The average molecular weight is 625 g/mol. The van der Waals surface area contributed by atoms with Gasteiger partial charge in [-0.3, -0.25) is 19.4 Å². The fourth-order valence-electron chi connectivity index (χ4n) is 5.30. The maximum Gasteiger partial charge on any atom is 0.322 e. The Morgan fingerprint density at radius 2 is 1.57 bits per heavy atom. The maximum atomic E-state index is 12.9. The number of urea groups is 1. The Kier molecular flexibility index (Phi) is 9.76. The normalized spacial score (nSPS) is 17.2. The van der Waals surface area contributed by atoms with E-state index in [1.54, 1.807) is 36.4 Å². The molecule has 0 saturated carbocycles. The summed E-state index contributed by atoms with van der Waals surface area (Å²) in [6.45, 7) is 8.60. The van der Waals surface area contributed by atoms with Crippen molar-refractivity contribution in [3.8, 4) is 0 Å². The highest BCUT2D eigenvalue weighted by molar-refractivity contribution is 6.06. The van der Waals surface area contributed by atoms with Crippen molar-refractivity contribution in [2.24, 2.45) is 22.7 Å². The fourth-order valence-corrected chi connectivity index (χ4v) is 5.30. The molecule has 0 bridgehead atoms. The lowest BCUT2D eigenvalue weighted by Gasteiger charge is -2.28. The SMILES string of the molecule is CC1CC(=O)N(Cc2ccc(NC(=O)[C@H](C)NC(=O)[C@@H](N)C(C)C)cc2)N=C1c1ccc(NC(=O)N2Cc3ccncc3C2)cc1. The molecule has 240 valence electrons. The molecular formula is C34H40N8O4. The number of carbonyl (C=O) groups is 4. The first-order valence-corrected chi connectivity index (χ1v) is 15.4. The molecule has 12 heteroatoms. The van der Waals surface area contributed by atoms with Gasteiger partial charge in [-0.1, -0.05) is 45.0 Å². The van der Waals surface area contributed by atoms with Gasteiger partial charge in [-0.2, -0.15) is 5.10 Å². The number of benzene rings is 2. The highest BCUT2D eigenvalue weighted by Gasteiger charge is 2.28. The summed E-state index contributed by atoms with van der Waals surface area (Å²) < 4.78 is 0. The minimum atomic E-state index is -0.760. The van der Waals surface area contributed by atoms with Crippen LogP contribution in [0.1, 0.15) is 56.4 Å². The third-order valence-electron chi connectivity index (χ3n) is 8.24. The van der Waals surface area contributed by atoms with Gasteiger partial charge >= 0.3 is 6.03 Å². The van der Waals surface area contributed by atoms with Crippen LogP contribution in [0, 0.1) is 11.8 Å². The van der Waals surface area contributed by atoms with Crippen LogP contribution in [0.5, 0.6) is 0 Å². The fraction of sp³-hybridized carbons (Fsp3) is 0.353. The number of hydrogen-bond donors (Lipinski definition) is 4. The first-order chi connectivity index (χ1) is 22.0. The van der Waals surface area contributed by atoms with Crippen molar-refractivity contribution in [2.45, 2.75) is 65.8 Å². The quantitative estimate of drug-likeness (QED) is 0.283. The van der Waals surface area contributed by atoms with Crippen LogP contribution in [0.4, 0.5) is 16.2 Å². The lowest BCUT2D eigenvalue weighted by Crippen LogP contribution is -2.50. The summed E-state index contributed by atoms with van der Waals surface area (Å²) in [5.41, 5.74) is 11.8. The van der Waals surface area contributed by atoms with Gasteiger partial charge in [0.15, 0.2) is 0 Å². The van der Waals surface area contributed by atoms with Crippen LogP contribution < -0.4 is 21.7 Å². The molecule has 3 atom stereocenters. The number of fused-ring (bicyclic) bond motifs is 1. The molecule has 1 aromatic heterocycles. The van der Waals surface area contributed by atoms with Crippen LogP contribution >= 0.6 is 0 Å². The lowest BCUT2D eigenvalue weighted by atomic mass is 9.93. The highest BCUT2D eigenvalue weighted by atomic mass is 16.2. The summed E-state index contributed by atoms with van der Waals surface area (Å²) >= 11 is 0. The number of aromatic nitrogens is 1. The Hall–Kier alpha value is -5.10. The summed E-state index contributed by atoms with van der Waals surface area (Å²) in [6.07, 6.45) is 3.85. The van der Waals surface area contributed by atoms with Gasteiger partial charge in [-0.05, 0) is 65.4 Å². The van der Waals surface area contributed by atoms with Crippen LogP contribution in [0.2, 0.25) is 0 Å². The predicted octanol–water partition coefficient (Wildman–Crippen LogP) is 3.83. The molecule has 12 nitrogen and oxygen atoms in total. The number of hydrazone groups is 1. The number of hydrogen-bond acceptors (Lipinski definition) is 7. The topological polar surface area (TPSA) is 162 Å². The van der Waals surface area contributed by atoms with Crippen LogP contribution in [0.25, 0.3) is 0 Å². The zero-order chi connectivity index (χ0) is 33.0. The molecule has 1 unspecified atom stereocenters. The molecule has 5 amide bonds. The Morgan fingerprint density at radius 3 is 2.24 bits per heavy atom. The van der Waals surface area contributed by atoms with Crippen molar-refractivity contribution in [3.05, 3.63) is 89.2 Å². The molecule has 5 N–H and O–H groups in total. The third-order valence-corrected chi connectivity index (χ3v) is 8.24. The van der Waals surface area contributed by atoms with Crippen molar-refractivity contribution in [1.82, 2.24) is 20.2 Å². The van der Waals surface area contributed by atoms with E-state index in [2.05, 4.69) is 20.9 Å². The summed E-state index contributed by atoms with van der Waals surface area (Å²) in [7, 11) is 0. The molecule has 0 saturated heterocycles. The summed E-state index contributed by atoms with van der Waals surface area (Å²) in [6, 6.07) is 14.9.